The van der Waals surface area contributed by atoms with Gasteiger partial charge in [-0.25, -0.2) is 4.79 Å². The normalized spacial score (nSPS) is 14.1. The molecule has 0 aromatic rings. The highest BCUT2D eigenvalue weighted by Crippen LogP contribution is 2.20. The molecule has 1 amide bonds. The van der Waals surface area contributed by atoms with E-state index in [1.54, 1.807) is 20.8 Å². The van der Waals surface area contributed by atoms with Crippen LogP contribution in [0.25, 0.3) is 0 Å². The van der Waals surface area contributed by atoms with Crippen molar-refractivity contribution in [2.75, 3.05) is 13.2 Å². The number of ether oxygens (including phenoxy) is 2. The lowest BCUT2D eigenvalue weighted by molar-refractivity contribution is -0.0403. The van der Waals surface area contributed by atoms with E-state index in [0.717, 1.165) is 0 Å². The molecule has 0 spiro atoms. The van der Waals surface area contributed by atoms with Gasteiger partial charge in [0.1, 0.15) is 5.60 Å². The lowest BCUT2D eigenvalue weighted by Gasteiger charge is -2.35. The predicted octanol–water partition coefficient (Wildman–Crippen LogP) is 2.47. The van der Waals surface area contributed by atoms with E-state index in [4.69, 9.17) is 9.47 Å². The zero-order valence-corrected chi connectivity index (χ0v) is 13.1. The Hall–Kier alpha value is -0.810. The van der Waals surface area contributed by atoms with Crippen LogP contribution in [-0.2, 0) is 9.47 Å². The van der Waals surface area contributed by atoms with Crippen molar-refractivity contribution in [2.45, 2.75) is 71.6 Å². The Morgan fingerprint density at radius 2 is 1.74 bits per heavy atom. The summed E-state index contributed by atoms with van der Waals surface area (Å²) >= 11 is 0. The first kappa shape index (κ1) is 18.2. The second-order valence-corrected chi connectivity index (χ2v) is 5.67. The van der Waals surface area contributed by atoms with Crippen LogP contribution in [0.3, 0.4) is 0 Å². The van der Waals surface area contributed by atoms with Crippen LogP contribution >= 0.6 is 0 Å². The Balaban J connectivity index is 4.72. The minimum absolute atomic E-state index is 0.272. The quantitative estimate of drug-likeness (QED) is 0.749. The molecule has 5 heteroatoms. The van der Waals surface area contributed by atoms with Gasteiger partial charge < -0.3 is 19.9 Å². The Morgan fingerprint density at radius 3 is 2.11 bits per heavy atom. The summed E-state index contributed by atoms with van der Waals surface area (Å²) in [6, 6.07) is -0.475. The van der Waals surface area contributed by atoms with Gasteiger partial charge in [-0.1, -0.05) is 13.8 Å². The maximum atomic E-state index is 11.8. The zero-order valence-electron chi connectivity index (χ0n) is 13.1. The van der Waals surface area contributed by atoms with Gasteiger partial charge in [0.2, 0.25) is 0 Å². The summed E-state index contributed by atoms with van der Waals surface area (Å²) < 4.78 is 10.6. The van der Waals surface area contributed by atoms with E-state index in [-0.39, 0.29) is 6.61 Å². The molecular weight excluding hydrogens is 246 g/mol. The maximum absolute atomic E-state index is 11.8. The number of aliphatic hydroxyl groups is 1. The highest BCUT2D eigenvalue weighted by molar-refractivity contribution is 5.68. The van der Waals surface area contributed by atoms with Gasteiger partial charge in [-0.15, -0.1) is 0 Å². The Labute approximate surface area is 116 Å². The average molecular weight is 275 g/mol. The van der Waals surface area contributed by atoms with Gasteiger partial charge in [-0.05, 0) is 40.5 Å². The van der Waals surface area contributed by atoms with Crippen molar-refractivity contribution in [1.82, 2.24) is 5.32 Å². The van der Waals surface area contributed by atoms with Crippen LogP contribution in [0.4, 0.5) is 4.79 Å². The standard InChI is InChI=1S/C14H29NO4/c1-7-14(17,8-2)11(10-18-9-3)15-12(16)19-13(4,5)6/h11,17H,7-10H2,1-6H3,(H,15,16)/t11-/m1/s1. The number of hydrogen-bond acceptors (Lipinski definition) is 4. The Bertz CT molecular complexity index is 269. The number of nitrogens with one attached hydrogen (secondary N) is 1. The molecule has 0 aliphatic heterocycles. The van der Waals surface area contributed by atoms with Crippen molar-refractivity contribution in [3.63, 3.8) is 0 Å². The highest BCUT2D eigenvalue weighted by atomic mass is 16.6. The number of carbonyl (C=O) groups excluding carboxylic acids is 1. The molecule has 0 radical (unpaired) electrons. The van der Waals surface area contributed by atoms with E-state index < -0.39 is 23.3 Å². The smallest absolute Gasteiger partial charge is 0.408 e. The first-order valence-corrected chi connectivity index (χ1v) is 6.98. The molecule has 0 aromatic heterocycles. The fourth-order valence-corrected chi connectivity index (χ4v) is 1.76. The van der Waals surface area contributed by atoms with Crippen LogP contribution in [0.1, 0.15) is 54.4 Å². The molecule has 0 aliphatic carbocycles. The molecule has 0 bridgehead atoms. The lowest BCUT2D eigenvalue weighted by Crippen LogP contribution is -2.55. The molecular formula is C14H29NO4. The second-order valence-electron chi connectivity index (χ2n) is 5.67. The maximum Gasteiger partial charge on any atom is 0.408 e. The van der Waals surface area contributed by atoms with Crippen molar-refractivity contribution >= 4 is 6.09 Å². The first-order chi connectivity index (χ1) is 8.68. The van der Waals surface area contributed by atoms with Crippen molar-refractivity contribution in [3.8, 4) is 0 Å². The number of rotatable bonds is 7. The summed E-state index contributed by atoms with van der Waals surface area (Å²) in [6.45, 7) is 11.9. The number of carbonyl (C=O) groups is 1. The molecule has 0 aliphatic rings. The topological polar surface area (TPSA) is 67.8 Å². The molecule has 0 unspecified atom stereocenters. The third-order valence-electron chi connectivity index (χ3n) is 3.05. The van der Waals surface area contributed by atoms with E-state index in [2.05, 4.69) is 5.32 Å². The van der Waals surface area contributed by atoms with Crippen LogP contribution in [0, 0.1) is 0 Å². The molecule has 0 saturated heterocycles. The van der Waals surface area contributed by atoms with Crippen molar-refractivity contribution in [2.24, 2.45) is 0 Å². The molecule has 0 rings (SSSR count). The summed E-state index contributed by atoms with van der Waals surface area (Å²) in [5.74, 6) is 0. The van der Waals surface area contributed by atoms with E-state index in [1.807, 2.05) is 20.8 Å². The van der Waals surface area contributed by atoms with Crippen molar-refractivity contribution < 1.29 is 19.4 Å². The van der Waals surface area contributed by atoms with Gasteiger partial charge in [-0.2, -0.15) is 0 Å². The molecule has 114 valence electrons. The van der Waals surface area contributed by atoms with E-state index in [9.17, 15) is 9.90 Å². The van der Waals surface area contributed by atoms with Crippen LogP contribution < -0.4 is 5.32 Å². The van der Waals surface area contributed by atoms with Crippen LogP contribution in [0.15, 0.2) is 0 Å². The summed E-state index contributed by atoms with van der Waals surface area (Å²) in [7, 11) is 0. The fraction of sp³-hybridized carbons (Fsp3) is 0.929. The summed E-state index contributed by atoms with van der Waals surface area (Å²) in [4.78, 5) is 11.8. The van der Waals surface area contributed by atoms with Crippen LogP contribution in [0.2, 0.25) is 0 Å². The number of amides is 1. The van der Waals surface area contributed by atoms with Crippen molar-refractivity contribution in [1.29, 1.82) is 0 Å². The highest BCUT2D eigenvalue weighted by Gasteiger charge is 2.35. The monoisotopic (exact) mass is 275 g/mol. The molecule has 0 aromatic carbocycles. The number of alkyl carbamates (subject to hydrolysis) is 1. The predicted molar refractivity (Wildman–Crippen MR) is 75.2 cm³/mol. The van der Waals surface area contributed by atoms with Gasteiger partial charge in [0.15, 0.2) is 0 Å². The van der Waals surface area contributed by atoms with Gasteiger partial charge in [-0.3, -0.25) is 0 Å². The van der Waals surface area contributed by atoms with Crippen LogP contribution in [0.5, 0.6) is 0 Å². The summed E-state index contributed by atoms with van der Waals surface area (Å²) in [5.41, 5.74) is -1.54. The molecule has 0 heterocycles. The minimum atomic E-state index is -0.980. The third kappa shape index (κ3) is 6.78. The third-order valence-corrected chi connectivity index (χ3v) is 3.05. The zero-order chi connectivity index (χ0) is 15.1. The van der Waals surface area contributed by atoms with Gasteiger partial charge in [0.25, 0.3) is 0 Å². The molecule has 0 saturated carbocycles. The largest absolute Gasteiger partial charge is 0.444 e. The Kier molecular flexibility index (Phi) is 7.37. The lowest BCUT2D eigenvalue weighted by atomic mass is 9.89. The minimum Gasteiger partial charge on any atom is -0.444 e. The second kappa shape index (κ2) is 7.70. The summed E-state index contributed by atoms with van der Waals surface area (Å²) in [5, 5.41) is 13.2. The van der Waals surface area contributed by atoms with Crippen molar-refractivity contribution in [3.05, 3.63) is 0 Å². The van der Waals surface area contributed by atoms with E-state index >= 15 is 0 Å². The fourth-order valence-electron chi connectivity index (χ4n) is 1.76. The first-order valence-electron chi connectivity index (χ1n) is 6.98. The van der Waals surface area contributed by atoms with Crippen LogP contribution in [-0.4, -0.2) is 41.7 Å². The molecule has 2 N–H and O–H groups in total. The van der Waals surface area contributed by atoms with Gasteiger partial charge >= 0.3 is 6.09 Å². The molecule has 5 nitrogen and oxygen atoms in total. The molecule has 19 heavy (non-hydrogen) atoms. The number of hydrogen-bond donors (Lipinski definition) is 2. The average Bonchev–Trinajstić information content (AvgIpc) is 2.31. The van der Waals surface area contributed by atoms with E-state index in [1.165, 1.54) is 0 Å². The Morgan fingerprint density at radius 1 is 1.21 bits per heavy atom. The molecule has 1 atom stereocenters. The van der Waals surface area contributed by atoms with E-state index in [0.29, 0.717) is 19.4 Å². The summed E-state index contributed by atoms with van der Waals surface area (Å²) in [6.07, 6.45) is 0.547. The molecule has 0 fully saturated rings. The van der Waals surface area contributed by atoms with Gasteiger partial charge in [0.05, 0.1) is 18.2 Å². The SMILES string of the molecule is CCOC[C@@H](NC(=O)OC(C)(C)C)C(O)(CC)CC. The van der Waals surface area contributed by atoms with Gasteiger partial charge in [0, 0.05) is 6.61 Å².